The summed E-state index contributed by atoms with van der Waals surface area (Å²) in [5.74, 6) is -1.31. The maximum Gasteiger partial charge on any atom is 0.338 e. The number of ether oxygens (including phenoxy) is 1. The molecule has 0 bridgehead atoms. The van der Waals surface area contributed by atoms with Crippen LogP contribution in [0.5, 0.6) is 0 Å². The molecule has 2 aromatic carbocycles. The Morgan fingerprint density at radius 3 is 2.54 bits per heavy atom. The summed E-state index contributed by atoms with van der Waals surface area (Å²) in [7, 11) is 0. The second kappa shape index (κ2) is 8.80. The predicted molar refractivity (Wildman–Crippen MR) is 107 cm³/mol. The quantitative estimate of drug-likeness (QED) is 0.620. The Kier molecular flexibility index (Phi) is 6.21. The molecule has 0 aliphatic carbocycles. The summed E-state index contributed by atoms with van der Waals surface area (Å²) in [5, 5.41) is 4.76. The second-order valence-corrected chi connectivity index (χ2v) is 7.44. The van der Waals surface area contributed by atoms with E-state index in [1.165, 1.54) is 23.5 Å². The summed E-state index contributed by atoms with van der Waals surface area (Å²) in [5.41, 5.74) is 2.93. The van der Waals surface area contributed by atoms with Crippen molar-refractivity contribution in [1.82, 2.24) is 5.32 Å². The summed E-state index contributed by atoms with van der Waals surface area (Å²) >= 11 is 1.48. The number of esters is 1. The van der Waals surface area contributed by atoms with Crippen LogP contribution < -0.4 is 5.32 Å². The topological polar surface area (TPSA) is 55.4 Å². The lowest BCUT2D eigenvalue weighted by Gasteiger charge is -2.18. The number of benzene rings is 2. The third-order valence-electron chi connectivity index (χ3n) is 4.28. The van der Waals surface area contributed by atoms with E-state index < -0.39 is 24.5 Å². The number of halogens is 1. The smallest absolute Gasteiger partial charge is 0.338 e. The first kappa shape index (κ1) is 19.8. The Balaban J connectivity index is 1.68. The van der Waals surface area contributed by atoms with Crippen LogP contribution in [-0.2, 0) is 9.53 Å². The first-order chi connectivity index (χ1) is 13.4. The van der Waals surface area contributed by atoms with Gasteiger partial charge in [0.25, 0.3) is 5.91 Å². The fourth-order valence-electron chi connectivity index (χ4n) is 2.80. The van der Waals surface area contributed by atoms with E-state index in [0.29, 0.717) is 5.56 Å². The van der Waals surface area contributed by atoms with Gasteiger partial charge in [-0.3, -0.25) is 4.79 Å². The van der Waals surface area contributed by atoms with Crippen molar-refractivity contribution in [3.8, 4) is 0 Å². The van der Waals surface area contributed by atoms with E-state index >= 15 is 0 Å². The molecule has 0 unspecified atom stereocenters. The molecule has 1 N–H and O–H groups in total. The third kappa shape index (κ3) is 4.84. The Morgan fingerprint density at radius 2 is 1.86 bits per heavy atom. The van der Waals surface area contributed by atoms with E-state index in [9.17, 15) is 14.0 Å². The van der Waals surface area contributed by atoms with E-state index in [4.69, 9.17) is 4.74 Å². The fraction of sp³-hybridized carbons (Fsp3) is 0.182. The zero-order valence-electron chi connectivity index (χ0n) is 15.6. The molecule has 0 saturated heterocycles. The summed E-state index contributed by atoms with van der Waals surface area (Å²) in [6.07, 6.45) is 0. The number of hydrogen-bond acceptors (Lipinski definition) is 4. The van der Waals surface area contributed by atoms with Crippen LogP contribution in [0, 0.1) is 19.7 Å². The number of amides is 1. The number of nitrogens with one attached hydrogen (secondary N) is 1. The molecule has 3 aromatic rings. The molecule has 1 amide bonds. The lowest BCUT2D eigenvalue weighted by Crippen LogP contribution is -2.32. The Bertz CT molecular complexity index is 968. The zero-order chi connectivity index (χ0) is 20.1. The second-order valence-electron chi connectivity index (χ2n) is 6.46. The molecule has 144 valence electrons. The van der Waals surface area contributed by atoms with E-state index in [0.717, 1.165) is 21.6 Å². The largest absolute Gasteiger partial charge is 0.452 e. The van der Waals surface area contributed by atoms with Crippen molar-refractivity contribution >= 4 is 23.2 Å². The van der Waals surface area contributed by atoms with Gasteiger partial charge in [-0.1, -0.05) is 35.9 Å². The van der Waals surface area contributed by atoms with Gasteiger partial charge < -0.3 is 10.1 Å². The highest BCUT2D eigenvalue weighted by molar-refractivity contribution is 7.10. The molecule has 1 aromatic heterocycles. The number of aryl methyl sites for hydroxylation is 2. The van der Waals surface area contributed by atoms with Gasteiger partial charge in [0.05, 0.1) is 11.6 Å². The Hall–Kier alpha value is -2.99. The van der Waals surface area contributed by atoms with Gasteiger partial charge in [-0.05, 0) is 54.6 Å². The van der Waals surface area contributed by atoms with Gasteiger partial charge in [0.15, 0.2) is 6.61 Å². The SMILES string of the molecule is Cc1ccc(C)c(C(=O)OCC(=O)N[C@@H](c2ccc(F)cc2)c2cccs2)c1. The molecular weight excluding hydrogens is 377 g/mol. The summed E-state index contributed by atoms with van der Waals surface area (Å²) < 4.78 is 18.4. The summed E-state index contributed by atoms with van der Waals surface area (Å²) in [6, 6.07) is 14.8. The highest BCUT2D eigenvalue weighted by atomic mass is 32.1. The number of carbonyl (C=O) groups excluding carboxylic acids is 2. The van der Waals surface area contributed by atoms with Gasteiger partial charge in [0.1, 0.15) is 5.82 Å². The van der Waals surface area contributed by atoms with Crippen molar-refractivity contribution in [3.05, 3.63) is 92.9 Å². The standard InChI is InChI=1S/C22H20FNO3S/c1-14-5-6-15(2)18(12-14)22(26)27-13-20(25)24-21(19-4-3-11-28-19)16-7-9-17(23)10-8-16/h3-12,21H,13H2,1-2H3,(H,24,25)/t21-/m0/s1. The maximum absolute atomic E-state index is 13.2. The first-order valence-electron chi connectivity index (χ1n) is 8.76. The molecule has 0 radical (unpaired) electrons. The highest BCUT2D eigenvalue weighted by Gasteiger charge is 2.19. The monoisotopic (exact) mass is 397 g/mol. The zero-order valence-corrected chi connectivity index (χ0v) is 16.4. The predicted octanol–water partition coefficient (Wildman–Crippen LogP) is 4.57. The number of hydrogen-bond donors (Lipinski definition) is 1. The van der Waals surface area contributed by atoms with Gasteiger partial charge in [-0.25, -0.2) is 9.18 Å². The molecule has 0 aliphatic heterocycles. The van der Waals surface area contributed by atoms with Gasteiger partial charge in [-0.15, -0.1) is 11.3 Å². The van der Waals surface area contributed by atoms with E-state index in [1.54, 1.807) is 18.2 Å². The van der Waals surface area contributed by atoms with Crippen LogP contribution in [0.15, 0.2) is 60.0 Å². The molecule has 28 heavy (non-hydrogen) atoms. The van der Waals surface area contributed by atoms with Crippen LogP contribution in [0.25, 0.3) is 0 Å². The normalized spacial score (nSPS) is 11.7. The number of thiophene rings is 1. The molecule has 1 atom stereocenters. The van der Waals surface area contributed by atoms with Crippen LogP contribution in [0.1, 0.15) is 38.0 Å². The minimum atomic E-state index is -0.536. The molecule has 0 fully saturated rings. The van der Waals surface area contributed by atoms with Gasteiger partial charge in [0.2, 0.25) is 0 Å². The molecule has 0 saturated carbocycles. The number of carbonyl (C=O) groups is 2. The molecule has 0 spiro atoms. The average molecular weight is 397 g/mol. The lowest BCUT2D eigenvalue weighted by atomic mass is 10.1. The summed E-state index contributed by atoms with van der Waals surface area (Å²) in [6.45, 7) is 3.31. The van der Waals surface area contributed by atoms with Crippen molar-refractivity contribution in [2.24, 2.45) is 0 Å². The van der Waals surface area contributed by atoms with Gasteiger partial charge in [-0.2, -0.15) is 0 Å². The van der Waals surface area contributed by atoms with Gasteiger partial charge >= 0.3 is 5.97 Å². The van der Waals surface area contributed by atoms with Crippen LogP contribution in [-0.4, -0.2) is 18.5 Å². The Labute approximate surface area is 167 Å². The Morgan fingerprint density at radius 1 is 1.11 bits per heavy atom. The van der Waals surface area contributed by atoms with Gasteiger partial charge in [0, 0.05) is 4.88 Å². The van der Waals surface area contributed by atoms with Crippen molar-refractivity contribution in [3.63, 3.8) is 0 Å². The van der Waals surface area contributed by atoms with Crippen molar-refractivity contribution in [2.75, 3.05) is 6.61 Å². The molecule has 6 heteroatoms. The first-order valence-corrected chi connectivity index (χ1v) is 9.64. The average Bonchev–Trinajstić information content (AvgIpc) is 3.21. The lowest BCUT2D eigenvalue weighted by molar-refractivity contribution is -0.124. The van der Waals surface area contributed by atoms with Crippen LogP contribution in [0.2, 0.25) is 0 Å². The fourth-order valence-corrected chi connectivity index (χ4v) is 3.60. The summed E-state index contributed by atoms with van der Waals surface area (Å²) in [4.78, 5) is 25.6. The molecular formula is C22H20FNO3S. The molecule has 0 aliphatic rings. The van der Waals surface area contributed by atoms with Crippen molar-refractivity contribution < 1.29 is 18.7 Å². The third-order valence-corrected chi connectivity index (χ3v) is 5.22. The molecule has 1 heterocycles. The highest BCUT2D eigenvalue weighted by Crippen LogP contribution is 2.26. The maximum atomic E-state index is 13.2. The van der Waals surface area contributed by atoms with Crippen LogP contribution >= 0.6 is 11.3 Å². The van der Waals surface area contributed by atoms with Crippen LogP contribution in [0.3, 0.4) is 0 Å². The molecule has 4 nitrogen and oxygen atoms in total. The van der Waals surface area contributed by atoms with Crippen LogP contribution in [0.4, 0.5) is 4.39 Å². The minimum Gasteiger partial charge on any atom is -0.452 e. The van der Waals surface area contributed by atoms with Crippen molar-refractivity contribution in [1.29, 1.82) is 0 Å². The number of rotatable bonds is 6. The van der Waals surface area contributed by atoms with E-state index in [-0.39, 0.29) is 5.82 Å². The van der Waals surface area contributed by atoms with E-state index in [2.05, 4.69) is 5.32 Å². The molecule has 3 rings (SSSR count). The van der Waals surface area contributed by atoms with Crippen molar-refractivity contribution in [2.45, 2.75) is 19.9 Å². The minimum absolute atomic E-state index is 0.345. The van der Waals surface area contributed by atoms with E-state index in [1.807, 2.05) is 43.5 Å².